The van der Waals surface area contributed by atoms with Crippen LogP contribution in [-0.2, 0) is 26.9 Å². The van der Waals surface area contributed by atoms with Crippen molar-refractivity contribution in [2.24, 2.45) is 0 Å². The van der Waals surface area contributed by atoms with E-state index in [4.69, 9.17) is 25.8 Å². The van der Waals surface area contributed by atoms with Gasteiger partial charge in [-0.15, -0.1) is 24.8 Å². The van der Waals surface area contributed by atoms with Crippen LogP contribution in [0.2, 0.25) is 5.02 Å². The number of carbonyl (C=O) groups is 2. The maximum Gasteiger partial charge on any atom is 0.416 e. The number of rotatable bonds is 13. The van der Waals surface area contributed by atoms with Gasteiger partial charge in [-0.25, -0.2) is 9.59 Å². The predicted octanol–water partition coefficient (Wildman–Crippen LogP) is 6.75. The Morgan fingerprint density at radius 2 is 1.57 bits per heavy atom. The van der Waals surface area contributed by atoms with Gasteiger partial charge in [-0.1, -0.05) is 48.0 Å². The van der Waals surface area contributed by atoms with Gasteiger partial charge in [0, 0.05) is 24.2 Å². The van der Waals surface area contributed by atoms with E-state index in [0.29, 0.717) is 48.0 Å². The Morgan fingerprint density at radius 3 is 2.18 bits per heavy atom. The Hall–Kier alpha value is -3.02. The molecule has 0 aliphatic rings. The molecule has 0 saturated carbocycles. The third-order valence-corrected chi connectivity index (χ3v) is 5.86. The Balaban J connectivity index is 0.000000859. The summed E-state index contributed by atoms with van der Waals surface area (Å²) in [6, 6.07) is 20.7. The van der Waals surface area contributed by atoms with E-state index in [-0.39, 0.29) is 50.0 Å². The van der Waals surface area contributed by atoms with E-state index in [1.807, 2.05) is 32.0 Å². The van der Waals surface area contributed by atoms with Crippen molar-refractivity contribution >= 4 is 48.4 Å². The Labute approximate surface area is 273 Å². The lowest BCUT2D eigenvalue weighted by atomic mass is 10.0. The molecule has 13 heteroatoms. The molecule has 7 nitrogen and oxygen atoms in total. The first-order valence-electron chi connectivity index (χ1n) is 13.2. The van der Waals surface area contributed by atoms with Gasteiger partial charge in [0.15, 0.2) is 6.61 Å². The summed E-state index contributed by atoms with van der Waals surface area (Å²) in [5, 5.41) is 3.77. The van der Waals surface area contributed by atoms with Crippen LogP contribution in [0.3, 0.4) is 0 Å². The number of esters is 2. The van der Waals surface area contributed by atoms with Crippen LogP contribution in [0.5, 0.6) is 5.75 Å². The maximum atomic E-state index is 12.7. The molecule has 244 valence electrons. The Morgan fingerprint density at radius 1 is 0.909 bits per heavy atom. The van der Waals surface area contributed by atoms with E-state index in [9.17, 15) is 22.8 Å². The first-order chi connectivity index (χ1) is 19.9. The van der Waals surface area contributed by atoms with Crippen LogP contribution < -0.4 is 10.1 Å². The van der Waals surface area contributed by atoms with Crippen molar-refractivity contribution in [1.29, 1.82) is 0 Å². The third-order valence-electron chi connectivity index (χ3n) is 5.61. The van der Waals surface area contributed by atoms with Gasteiger partial charge < -0.3 is 24.4 Å². The minimum Gasteiger partial charge on any atom is -0.482 e. The number of carbonyl (C=O) groups excluding carboxylic acids is 2. The van der Waals surface area contributed by atoms with Crippen LogP contribution in [0.1, 0.15) is 28.4 Å². The van der Waals surface area contributed by atoms with Crippen LogP contribution in [0.25, 0.3) is 0 Å². The average molecular weight is 682 g/mol. The van der Waals surface area contributed by atoms with E-state index < -0.39 is 17.7 Å². The molecule has 0 spiro atoms. The molecule has 0 amide bonds. The number of likely N-dealkylation sites (N-methyl/N-ethyl adjacent to an activating group) is 1. The van der Waals surface area contributed by atoms with Gasteiger partial charge in [0.2, 0.25) is 0 Å². The number of hydrogen-bond donors (Lipinski definition) is 1. The SMILES string of the molecule is CC(Cc1cccc(C(F)(F)F)c1)NCCOC(=O)c1ccccc1.CN(C)CCOC(=O)COc1ccc(Cl)cc1.Cl.Cl. The number of halogens is 6. The zero-order chi connectivity index (χ0) is 31.0. The van der Waals surface area contributed by atoms with Gasteiger partial charge in [0.25, 0.3) is 0 Å². The summed E-state index contributed by atoms with van der Waals surface area (Å²) >= 11 is 5.72. The fourth-order valence-corrected chi connectivity index (χ4v) is 3.59. The molecule has 0 aliphatic carbocycles. The highest BCUT2D eigenvalue weighted by Gasteiger charge is 2.30. The number of nitrogens with zero attached hydrogens (tertiary/aromatic N) is 1. The summed E-state index contributed by atoms with van der Waals surface area (Å²) in [5.74, 6) is -0.173. The topological polar surface area (TPSA) is 77.1 Å². The van der Waals surface area contributed by atoms with Gasteiger partial charge in [-0.2, -0.15) is 13.2 Å². The highest BCUT2D eigenvalue weighted by atomic mass is 35.5. The molecular weight excluding hydrogens is 644 g/mol. The van der Waals surface area contributed by atoms with Crippen LogP contribution in [0.15, 0.2) is 78.9 Å². The Bertz CT molecular complexity index is 1230. The minimum atomic E-state index is -4.34. The van der Waals surface area contributed by atoms with Crippen molar-refractivity contribution in [3.63, 3.8) is 0 Å². The largest absolute Gasteiger partial charge is 0.482 e. The monoisotopic (exact) mass is 680 g/mol. The van der Waals surface area contributed by atoms with Gasteiger partial charge in [-0.3, -0.25) is 0 Å². The molecule has 0 fully saturated rings. The van der Waals surface area contributed by atoms with Gasteiger partial charge in [-0.05, 0) is 75.5 Å². The highest BCUT2D eigenvalue weighted by Crippen LogP contribution is 2.29. The summed E-state index contributed by atoms with van der Waals surface area (Å²) in [7, 11) is 3.83. The van der Waals surface area contributed by atoms with Crippen molar-refractivity contribution < 1.29 is 37.0 Å². The van der Waals surface area contributed by atoms with Crippen molar-refractivity contribution in [2.75, 3.05) is 47.0 Å². The van der Waals surface area contributed by atoms with E-state index in [0.717, 1.165) is 12.1 Å². The molecule has 3 aromatic carbocycles. The molecule has 44 heavy (non-hydrogen) atoms. The Kier molecular flexibility index (Phi) is 20.2. The summed E-state index contributed by atoms with van der Waals surface area (Å²) in [4.78, 5) is 25.0. The summed E-state index contributed by atoms with van der Waals surface area (Å²) in [6.07, 6.45) is -3.88. The molecule has 0 heterocycles. The van der Waals surface area contributed by atoms with Gasteiger partial charge >= 0.3 is 18.1 Å². The fourth-order valence-electron chi connectivity index (χ4n) is 3.46. The summed E-state index contributed by atoms with van der Waals surface area (Å²) < 4.78 is 53.5. The van der Waals surface area contributed by atoms with Gasteiger partial charge in [0.05, 0.1) is 11.1 Å². The van der Waals surface area contributed by atoms with E-state index in [2.05, 4.69) is 5.32 Å². The first kappa shape index (κ1) is 41.0. The van der Waals surface area contributed by atoms with Crippen LogP contribution >= 0.6 is 36.4 Å². The summed E-state index contributed by atoms with van der Waals surface area (Å²) in [5.41, 5.74) is 0.449. The number of hydrogen-bond acceptors (Lipinski definition) is 7. The average Bonchev–Trinajstić information content (AvgIpc) is 2.95. The van der Waals surface area contributed by atoms with E-state index >= 15 is 0 Å². The second-order valence-corrected chi connectivity index (χ2v) is 9.96. The molecule has 0 radical (unpaired) electrons. The zero-order valence-corrected chi connectivity index (χ0v) is 27.0. The fraction of sp³-hybridized carbons (Fsp3) is 0.355. The highest BCUT2D eigenvalue weighted by molar-refractivity contribution is 6.30. The molecule has 1 unspecified atom stereocenters. The van der Waals surface area contributed by atoms with Crippen molar-refractivity contribution in [3.8, 4) is 5.75 Å². The third kappa shape index (κ3) is 17.3. The van der Waals surface area contributed by atoms with Crippen molar-refractivity contribution in [1.82, 2.24) is 10.2 Å². The quantitative estimate of drug-likeness (QED) is 0.158. The normalized spacial score (nSPS) is 11.2. The lowest BCUT2D eigenvalue weighted by Gasteiger charge is -2.15. The van der Waals surface area contributed by atoms with Crippen molar-refractivity contribution in [3.05, 3.63) is 101 Å². The second kappa shape index (κ2) is 21.6. The second-order valence-electron chi connectivity index (χ2n) is 9.53. The van der Waals surface area contributed by atoms with Crippen LogP contribution in [-0.4, -0.2) is 69.9 Å². The van der Waals surface area contributed by atoms with Crippen LogP contribution in [0.4, 0.5) is 13.2 Å². The molecule has 0 bridgehead atoms. The van der Waals surface area contributed by atoms with Gasteiger partial charge in [0.1, 0.15) is 19.0 Å². The molecule has 0 saturated heterocycles. The molecule has 3 aromatic rings. The minimum absolute atomic E-state index is 0. The molecule has 1 atom stereocenters. The molecule has 0 aromatic heterocycles. The molecule has 1 N–H and O–H groups in total. The smallest absolute Gasteiger partial charge is 0.416 e. The molecule has 3 rings (SSSR count). The maximum absolute atomic E-state index is 12.7. The first-order valence-corrected chi connectivity index (χ1v) is 13.6. The molecule has 0 aliphatic heterocycles. The van der Waals surface area contributed by atoms with E-state index in [1.165, 1.54) is 6.07 Å². The van der Waals surface area contributed by atoms with Crippen LogP contribution in [0, 0.1) is 0 Å². The lowest BCUT2D eigenvalue weighted by molar-refractivity contribution is -0.146. The zero-order valence-electron chi connectivity index (χ0n) is 24.6. The van der Waals surface area contributed by atoms with E-state index in [1.54, 1.807) is 54.6 Å². The number of nitrogens with one attached hydrogen (secondary N) is 1. The molecular formula is C31H38Cl3F3N2O5. The number of ether oxygens (including phenoxy) is 3. The predicted molar refractivity (Wildman–Crippen MR) is 170 cm³/mol. The lowest BCUT2D eigenvalue weighted by Crippen LogP contribution is -2.31. The number of benzene rings is 3. The standard InChI is InChI=1S/C19H20F3NO2.C12H16ClNO3.2ClH/c1-14(12-15-6-5-9-17(13-15)19(20,21)22)23-10-11-25-18(24)16-7-3-2-4-8-16;1-14(2)7-8-16-12(15)9-17-11-5-3-10(13)4-6-11;;/h2-9,13-14,23H,10-12H2,1H3;3-6H,7-9H2,1-2H3;2*1H. The number of alkyl halides is 3. The van der Waals surface area contributed by atoms with Crippen molar-refractivity contribution in [2.45, 2.75) is 25.6 Å². The summed E-state index contributed by atoms with van der Waals surface area (Å²) in [6.45, 7) is 3.48.